The van der Waals surface area contributed by atoms with E-state index in [1.54, 1.807) is 12.2 Å². The van der Waals surface area contributed by atoms with Crippen molar-refractivity contribution in [2.75, 3.05) is 5.75 Å². The maximum atomic E-state index is 12.3. The van der Waals surface area contributed by atoms with Crippen LogP contribution in [0.4, 0.5) is 0 Å². The van der Waals surface area contributed by atoms with Crippen LogP contribution in [0.25, 0.3) is 6.08 Å². The van der Waals surface area contributed by atoms with Crippen LogP contribution in [-0.4, -0.2) is 17.6 Å². The third kappa shape index (κ3) is 4.40. The van der Waals surface area contributed by atoms with Gasteiger partial charge < -0.3 is 11.1 Å². The number of amides is 2. The molecule has 1 aromatic rings. The van der Waals surface area contributed by atoms with Gasteiger partial charge in [0.2, 0.25) is 5.91 Å². The van der Waals surface area contributed by atoms with Crippen LogP contribution in [0, 0.1) is 19.3 Å². The molecule has 5 heteroatoms. The molecule has 2 amide bonds. The summed E-state index contributed by atoms with van der Waals surface area (Å²) in [6.45, 7) is 1.95. The molecule has 0 saturated heterocycles. The Labute approximate surface area is 145 Å². The highest BCUT2D eigenvalue weighted by Crippen LogP contribution is 2.23. The van der Waals surface area contributed by atoms with Crippen molar-refractivity contribution in [1.82, 2.24) is 5.32 Å². The Morgan fingerprint density at radius 1 is 1.46 bits per heavy atom. The van der Waals surface area contributed by atoms with Crippen LogP contribution in [0.1, 0.15) is 16.7 Å². The van der Waals surface area contributed by atoms with Gasteiger partial charge in [0, 0.05) is 5.75 Å². The lowest BCUT2D eigenvalue weighted by atomic mass is 9.99. The minimum atomic E-state index is -0.550. The summed E-state index contributed by atoms with van der Waals surface area (Å²) < 4.78 is 0. The molecular weight excluding hydrogens is 320 g/mol. The maximum absolute atomic E-state index is 12.3. The zero-order valence-electron chi connectivity index (χ0n) is 13.3. The number of terminal acetylenes is 1. The molecule has 0 atom stereocenters. The van der Waals surface area contributed by atoms with Crippen molar-refractivity contribution in [3.05, 3.63) is 63.7 Å². The molecule has 3 N–H and O–H groups in total. The molecule has 122 valence electrons. The van der Waals surface area contributed by atoms with Gasteiger partial charge in [-0.15, -0.1) is 18.2 Å². The number of hydrogen-bond donors (Lipinski definition) is 2. The van der Waals surface area contributed by atoms with Gasteiger partial charge in [0.05, 0.1) is 17.0 Å². The van der Waals surface area contributed by atoms with Crippen LogP contribution in [0.2, 0.25) is 0 Å². The molecule has 0 fully saturated rings. The van der Waals surface area contributed by atoms with E-state index in [1.807, 2.05) is 37.3 Å². The van der Waals surface area contributed by atoms with Gasteiger partial charge in [0.1, 0.15) is 0 Å². The molecule has 0 saturated carbocycles. The second kappa shape index (κ2) is 8.23. The SMILES string of the molecule is C#C/C=C\c1cccc(CC(=O)NC2=C(C(N)=O)C=CCS2)c1C. The van der Waals surface area contributed by atoms with E-state index in [9.17, 15) is 9.59 Å². The Bertz CT molecular complexity index is 798. The van der Waals surface area contributed by atoms with Gasteiger partial charge in [-0.3, -0.25) is 9.59 Å². The Balaban J connectivity index is 2.16. The van der Waals surface area contributed by atoms with Crippen LogP contribution in [0.3, 0.4) is 0 Å². The molecule has 0 bridgehead atoms. The van der Waals surface area contributed by atoms with Crippen LogP contribution in [0.5, 0.6) is 0 Å². The number of carbonyl (C=O) groups is 2. The van der Waals surface area contributed by atoms with E-state index >= 15 is 0 Å². The highest BCUT2D eigenvalue weighted by atomic mass is 32.2. The molecule has 0 spiro atoms. The Morgan fingerprint density at radius 3 is 2.96 bits per heavy atom. The lowest BCUT2D eigenvalue weighted by Crippen LogP contribution is -2.28. The van der Waals surface area contributed by atoms with Crippen LogP contribution < -0.4 is 11.1 Å². The molecule has 4 nitrogen and oxygen atoms in total. The summed E-state index contributed by atoms with van der Waals surface area (Å²) in [5.74, 6) is 2.41. The minimum Gasteiger partial charge on any atom is -0.366 e. The molecule has 0 unspecified atom stereocenters. The highest BCUT2D eigenvalue weighted by molar-refractivity contribution is 8.03. The molecule has 0 aliphatic carbocycles. The fourth-order valence-electron chi connectivity index (χ4n) is 2.31. The van der Waals surface area contributed by atoms with E-state index in [0.29, 0.717) is 16.4 Å². The van der Waals surface area contributed by atoms with Gasteiger partial charge in [0.15, 0.2) is 0 Å². The van der Waals surface area contributed by atoms with Gasteiger partial charge in [-0.25, -0.2) is 0 Å². The summed E-state index contributed by atoms with van der Waals surface area (Å²) in [7, 11) is 0. The molecule has 2 rings (SSSR count). The molecule has 24 heavy (non-hydrogen) atoms. The van der Waals surface area contributed by atoms with Gasteiger partial charge in [-0.1, -0.05) is 30.2 Å². The number of thioether (sulfide) groups is 1. The summed E-state index contributed by atoms with van der Waals surface area (Å²) >= 11 is 1.38. The fraction of sp³-hybridized carbons (Fsp3) is 0.158. The molecule has 1 aromatic carbocycles. The first-order valence-electron chi connectivity index (χ1n) is 7.37. The minimum absolute atomic E-state index is 0.187. The number of allylic oxidation sites excluding steroid dienone is 1. The standard InChI is InChI=1S/C19H18N2O2S/c1-3-4-7-14-8-5-9-15(13(14)2)12-17(22)21-19-16(18(20)23)10-6-11-24-19/h1,4-10H,11-12H2,2H3,(H2,20,23)(H,21,22)/b7-4-. The third-order valence-corrected chi connectivity index (χ3v) is 4.54. The normalized spacial score (nSPS) is 13.8. The molecule has 1 aliphatic rings. The van der Waals surface area contributed by atoms with Crippen molar-refractivity contribution in [3.8, 4) is 12.3 Å². The van der Waals surface area contributed by atoms with Crippen molar-refractivity contribution < 1.29 is 9.59 Å². The number of primary amides is 1. The second-order valence-electron chi connectivity index (χ2n) is 5.18. The molecular formula is C19H18N2O2S. The summed E-state index contributed by atoms with van der Waals surface area (Å²) in [5.41, 5.74) is 8.56. The summed E-state index contributed by atoms with van der Waals surface area (Å²) in [4.78, 5) is 23.8. The summed E-state index contributed by atoms with van der Waals surface area (Å²) in [6.07, 6.45) is 12.4. The predicted octanol–water partition coefficient (Wildman–Crippen LogP) is 2.30. The summed E-state index contributed by atoms with van der Waals surface area (Å²) in [5, 5.41) is 3.30. The average molecular weight is 338 g/mol. The average Bonchev–Trinajstić information content (AvgIpc) is 2.56. The Hall–Kier alpha value is -2.71. The Kier molecular flexibility index (Phi) is 6.05. The van der Waals surface area contributed by atoms with E-state index in [0.717, 1.165) is 16.7 Å². The topological polar surface area (TPSA) is 72.2 Å². The van der Waals surface area contributed by atoms with Crippen molar-refractivity contribution in [2.45, 2.75) is 13.3 Å². The third-order valence-electron chi connectivity index (χ3n) is 3.57. The van der Waals surface area contributed by atoms with Gasteiger partial charge in [-0.05, 0) is 41.8 Å². The fourth-order valence-corrected chi connectivity index (χ4v) is 3.17. The number of rotatable bonds is 5. The summed E-state index contributed by atoms with van der Waals surface area (Å²) in [6, 6.07) is 5.73. The monoisotopic (exact) mass is 338 g/mol. The van der Waals surface area contributed by atoms with Crippen molar-refractivity contribution >= 4 is 29.7 Å². The van der Waals surface area contributed by atoms with Crippen molar-refractivity contribution in [2.24, 2.45) is 5.73 Å². The highest BCUT2D eigenvalue weighted by Gasteiger charge is 2.17. The first-order valence-corrected chi connectivity index (χ1v) is 8.36. The zero-order chi connectivity index (χ0) is 17.5. The first kappa shape index (κ1) is 17.6. The lowest BCUT2D eigenvalue weighted by molar-refractivity contribution is -0.119. The number of benzene rings is 1. The van der Waals surface area contributed by atoms with Crippen molar-refractivity contribution in [1.29, 1.82) is 0 Å². The van der Waals surface area contributed by atoms with Gasteiger partial charge >= 0.3 is 0 Å². The van der Waals surface area contributed by atoms with Crippen LogP contribution in [0.15, 0.2) is 47.0 Å². The van der Waals surface area contributed by atoms with Crippen LogP contribution in [-0.2, 0) is 16.0 Å². The van der Waals surface area contributed by atoms with E-state index in [1.165, 1.54) is 11.8 Å². The lowest BCUT2D eigenvalue weighted by Gasteiger charge is -2.15. The smallest absolute Gasteiger partial charge is 0.251 e. The second-order valence-corrected chi connectivity index (χ2v) is 6.21. The number of nitrogens with two attached hydrogens (primary N) is 1. The maximum Gasteiger partial charge on any atom is 0.251 e. The number of nitrogens with one attached hydrogen (secondary N) is 1. The largest absolute Gasteiger partial charge is 0.366 e. The number of hydrogen-bond acceptors (Lipinski definition) is 3. The van der Waals surface area contributed by atoms with E-state index in [4.69, 9.17) is 12.2 Å². The molecule has 0 radical (unpaired) electrons. The van der Waals surface area contributed by atoms with E-state index < -0.39 is 5.91 Å². The van der Waals surface area contributed by atoms with Gasteiger partial charge in [-0.2, -0.15) is 0 Å². The van der Waals surface area contributed by atoms with Crippen LogP contribution >= 0.6 is 11.8 Å². The number of carbonyl (C=O) groups excluding carboxylic acids is 2. The first-order chi connectivity index (χ1) is 11.5. The predicted molar refractivity (Wildman–Crippen MR) is 98.7 cm³/mol. The molecule has 0 aromatic heterocycles. The van der Waals surface area contributed by atoms with E-state index in [-0.39, 0.29) is 12.3 Å². The molecule has 1 heterocycles. The van der Waals surface area contributed by atoms with Gasteiger partial charge in [0.25, 0.3) is 5.91 Å². The quantitative estimate of drug-likeness (QED) is 0.809. The zero-order valence-corrected chi connectivity index (χ0v) is 14.2. The van der Waals surface area contributed by atoms with E-state index in [2.05, 4.69) is 11.2 Å². The Morgan fingerprint density at radius 2 is 2.25 bits per heavy atom. The molecule has 1 aliphatic heterocycles. The van der Waals surface area contributed by atoms with Crippen molar-refractivity contribution in [3.63, 3.8) is 0 Å².